The minimum atomic E-state index is -3.30. The van der Waals surface area contributed by atoms with Gasteiger partial charge in [-0.05, 0) is 5.56 Å². The standard InChI is InChI=1S/C10H13NO4S/c1-16(14,15)7-9(10(12)11-13)8-5-3-2-4-6-8/h2-6,9,13H,7H2,1H3,(H,11,12). The molecule has 1 atom stereocenters. The molecular weight excluding hydrogens is 230 g/mol. The lowest BCUT2D eigenvalue weighted by Gasteiger charge is -2.13. The summed E-state index contributed by atoms with van der Waals surface area (Å²) in [6, 6.07) is 8.46. The zero-order chi connectivity index (χ0) is 12.2. The third kappa shape index (κ3) is 3.63. The molecule has 0 aliphatic rings. The summed E-state index contributed by atoms with van der Waals surface area (Å²) in [5.74, 6) is -1.94. The molecule has 2 N–H and O–H groups in total. The van der Waals surface area contributed by atoms with Crippen molar-refractivity contribution in [3.8, 4) is 0 Å². The Bertz CT molecular complexity index is 455. The Balaban J connectivity index is 3.02. The van der Waals surface area contributed by atoms with Gasteiger partial charge in [0.25, 0.3) is 5.91 Å². The topological polar surface area (TPSA) is 83.5 Å². The highest BCUT2D eigenvalue weighted by molar-refractivity contribution is 7.90. The van der Waals surface area contributed by atoms with Crippen molar-refractivity contribution in [2.45, 2.75) is 5.92 Å². The van der Waals surface area contributed by atoms with E-state index in [0.29, 0.717) is 5.56 Å². The Morgan fingerprint density at radius 2 is 1.94 bits per heavy atom. The number of rotatable bonds is 4. The van der Waals surface area contributed by atoms with Crippen molar-refractivity contribution in [1.82, 2.24) is 5.48 Å². The predicted octanol–water partition coefficient (Wildman–Crippen LogP) is 0.320. The molecule has 0 aliphatic carbocycles. The van der Waals surface area contributed by atoms with Crippen molar-refractivity contribution in [2.75, 3.05) is 12.0 Å². The number of amides is 1. The summed E-state index contributed by atoms with van der Waals surface area (Å²) in [5.41, 5.74) is 2.04. The number of hydroxylamine groups is 1. The van der Waals surface area contributed by atoms with E-state index in [2.05, 4.69) is 0 Å². The van der Waals surface area contributed by atoms with Crippen LogP contribution in [0.4, 0.5) is 0 Å². The molecule has 16 heavy (non-hydrogen) atoms. The van der Waals surface area contributed by atoms with Crippen LogP contribution in [0.15, 0.2) is 30.3 Å². The molecule has 5 nitrogen and oxygen atoms in total. The van der Waals surface area contributed by atoms with Gasteiger partial charge in [-0.1, -0.05) is 30.3 Å². The first-order valence-electron chi connectivity index (χ1n) is 4.60. The zero-order valence-corrected chi connectivity index (χ0v) is 9.57. The Morgan fingerprint density at radius 1 is 1.38 bits per heavy atom. The molecule has 1 aromatic rings. The number of benzene rings is 1. The summed E-state index contributed by atoms with van der Waals surface area (Å²) in [6.07, 6.45) is 1.05. The maximum atomic E-state index is 11.4. The Hall–Kier alpha value is -1.40. The lowest BCUT2D eigenvalue weighted by molar-refractivity contribution is -0.130. The van der Waals surface area contributed by atoms with Crippen LogP contribution in [0.5, 0.6) is 0 Å². The molecule has 1 unspecified atom stereocenters. The van der Waals surface area contributed by atoms with Gasteiger partial charge in [0.1, 0.15) is 9.84 Å². The molecule has 1 amide bonds. The second-order valence-corrected chi connectivity index (χ2v) is 5.72. The van der Waals surface area contributed by atoms with Crippen LogP contribution >= 0.6 is 0 Å². The van der Waals surface area contributed by atoms with E-state index in [1.54, 1.807) is 30.3 Å². The normalized spacial score (nSPS) is 13.1. The van der Waals surface area contributed by atoms with Crippen LogP contribution in [0.3, 0.4) is 0 Å². The minimum Gasteiger partial charge on any atom is -0.289 e. The fraction of sp³-hybridized carbons (Fsp3) is 0.300. The first kappa shape index (κ1) is 12.7. The molecule has 0 bridgehead atoms. The number of carbonyl (C=O) groups is 1. The van der Waals surface area contributed by atoms with Crippen molar-refractivity contribution in [1.29, 1.82) is 0 Å². The fourth-order valence-corrected chi connectivity index (χ4v) is 2.34. The highest BCUT2D eigenvalue weighted by atomic mass is 32.2. The van der Waals surface area contributed by atoms with E-state index in [-0.39, 0.29) is 5.75 Å². The predicted molar refractivity (Wildman–Crippen MR) is 58.8 cm³/mol. The molecule has 0 aliphatic heterocycles. The summed E-state index contributed by atoms with van der Waals surface area (Å²) < 4.78 is 22.3. The summed E-state index contributed by atoms with van der Waals surface area (Å²) in [6.45, 7) is 0. The highest BCUT2D eigenvalue weighted by Crippen LogP contribution is 2.17. The van der Waals surface area contributed by atoms with Crippen LogP contribution in [-0.4, -0.2) is 31.5 Å². The maximum absolute atomic E-state index is 11.4. The van der Waals surface area contributed by atoms with Gasteiger partial charge in [-0.2, -0.15) is 0 Å². The lowest BCUT2D eigenvalue weighted by Crippen LogP contribution is -2.30. The largest absolute Gasteiger partial charge is 0.289 e. The summed E-state index contributed by atoms with van der Waals surface area (Å²) in [7, 11) is -3.30. The molecule has 0 radical (unpaired) electrons. The van der Waals surface area contributed by atoms with Gasteiger partial charge in [0.2, 0.25) is 0 Å². The van der Waals surface area contributed by atoms with E-state index in [1.807, 2.05) is 0 Å². The number of hydrogen-bond acceptors (Lipinski definition) is 4. The molecule has 6 heteroatoms. The van der Waals surface area contributed by atoms with Crippen molar-refractivity contribution in [2.24, 2.45) is 0 Å². The van der Waals surface area contributed by atoms with Crippen molar-refractivity contribution < 1.29 is 18.4 Å². The Morgan fingerprint density at radius 3 is 2.38 bits per heavy atom. The molecule has 0 spiro atoms. The van der Waals surface area contributed by atoms with E-state index in [9.17, 15) is 13.2 Å². The second kappa shape index (κ2) is 5.09. The van der Waals surface area contributed by atoms with Gasteiger partial charge in [0.05, 0.1) is 11.7 Å². The molecule has 88 valence electrons. The van der Waals surface area contributed by atoms with Crippen LogP contribution in [0.25, 0.3) is 0 Å². The van der Waals surface area contributed by atoms with Gasteiger partial charge in [0, 0.05) is 6.26 Å². The molecule has 1 aromatic carbocycles. The molecule has 1 rings (SSSR count). The number of nitrogens with one attached hydrogen (secondary N) is 1. The molecule has 0 fully saturated rings. The van der Waals surface area contributed by atoms with E-state index >= 15 is 0 Å². The number of carbonyl (C=O) groups excluding carboxylic acids is 1. The molecule has 0 saturated carbocycles. The van der Waals surface area contributed by atoms with Gasteiger partial charge in [-0.25, -0.2) is 13.9 Å². The average Bonchev–Trinajstić information content (AvgIpc) is 2.25. The van der Waals surface area contributed by atoms with Gasteiger partial charge >= 0.3 is 0 Å². The SMILES string of the molecule is CS(=O)(=O)CC(C(=O)NO)c1ccccc1. The number of sulfone groups is 1. The summed E-state index contributed by atoms with van der Waals surface area (Å²) >= 11 is 0. The summed E-state index contributed by atoms with van der Waals surface area (Å²) in [4.78, 5) is 11.4. The van der Waals surface area contributed by atoms with Crippen molar-refractivity contribution in [3.63, 3.8) is 0 Å². The molecule has 0 aromatic heterocycles. The van der Waals surface area contributed by atoms with Crippen LogP contribution in [-0.2, 0) is 14.6 Å². The first-order chi connectivity index (χ1) is 7.44. The highest BCUT2D eigenvalue weighted by Gasteiger charge is 2.24. The Kier molecular flexibility index (Phi) is 4.03. The average molecular weight is 243 g/mol. The molecular formula is C10H13NO4S. The van der Waals surface area contributed by atoms with E-state index in [4.69, 9.17) is 5.21 Å². The maximum Gasteiger partial charge on any atom is 0.251 e. The first-order valence-corrected chi connectivity index (χ1v) is 6.66. The van der Waals surface area contributed by atoms with Crippen molar-refractivity contribution >= 4 is 15.7 Å². The zero-order valence-electron chi connectivity index (χ0n) is 8.75. The quantitative estimate of drug-likeness (QED) is 0.589. The van der Waals surface area contributed by atoms with E-state index < -0.39 is 21.7 Å². The third-order valence-electron chi connectivity index (χ3n) is 2.10. The monoisotopic (exact) mass is 243 g/mol. The second-order valence-electron chi connectivity index (χ2n) is 3.53. The summed E-state index contributed by atoms with van der Waals surface area (Å²) in [5, 5.41) is 8.57. The lowest BCUT2D eigenvalue weighted by atomic mass is 10.0. The number of hydrogen-bond donors (Lipinski definition) is 2. The third-order valence-corrected chi connectivity index (χ3v) is 3.04. The molecule has 0 saturated heterocycles. The smallest absolute Gasteiger partial charge is 0.251 e. The van der Waals surface area contributed by atoms with Crippen LogP contribution in [0.2, 0.25) is 0 Å². The minimum absolute atomic E-state index is 0.330. The Labute approximate surface area is 94.0 Å². The van der Waals surface area contributed by atoms with Gasteiger partial charge < -0.3 is 0 Å². The van der Waals surface area contributed by atoms with E-state index in [1.165, 1.54) is 5.48 Å². The van der Waals surface area contributed by atoms with Crippen LogP contribution in [0, 0.1) is 0 Å². The molecule has 0 heterocycles. The van der Waals surface area contributed by atoms with Crippen LogP contribution < -0.4 is 5.48 Å². The van der Waals surface area contributed by atoms with Crippen LogP contribution in [0.1, 0.15) is 11.5 Å². The fourth-order valence-electron chi connectivity index (χ4n) is 1.39. The van der Waals surface area contributed by atoms with Gasteiger partial charge in [-0.15, -0.1) is 0 Å². The van der Waals surface area contributed by atoms with E-state index in [0.717, 1.165) is 6.26 Å². The van der Waals surface area contributed by atoms with Gasteiger partial charge in [0.15, 0.2) is 0 Å². The van der Waals surface area contributed by atoms with Gasteiger partial charge in [-0.3, -0.25) is 10.0 Å². The van der Waals surface area contributed by atoms with Crippen molar-refractivity contribution in [3.05, 3.63) is 35.9 Å².